The average molecular weight is 490 g/mol. The maximum absolute atomic E-state index is 13.9. The van der Waals surface area contributed by atoms with Crippen LogP contribution in [-0.4, -0.2) is 39.4 Å². The van der Waals surface area contributed by atoms with Crippen LogP contribution in [0.2, 0.25) is 5.02 Å². The molecule has 35 heavy (non-hydrogen) atoms. The predicted molar refractivity (Wildman–Crippen MR) is 139 cm³/mol. The second kappa shape index (κ2) is 9.90. The number of benzene rings is 2. The highest BCUT2D eigenvalue weighted by Crippen LogP contribution is 2.34. The van der Waals surface area contributed by atoms with Crippen LogP contribution in [0.4, 0.5) is 0 Å². The van der Waals surface area contributed by atoms with Gasteiger partial charge in [0.15, 0.2) is 0 Å². The number of nitrogens with zero attached hydrogens (tertiary/aromatic N) is 2. The van der Waals surface area contributed by atoms with E-state index in [1.165, 1.54) is 6.42 Å². The third-order valence-electron chi connectivity index (χ3n) is 7.54. The molecule has 0 saturated heterocycles. The van der Waals surface area contributed by atoms with E-state index in [0.29, 0.717) is 30.2 Å². The molecular weight excluding hydrogens is 458 g/mol. The third-order valence-corrected chi connectivity index (χ3v) is 7.80. The normalized spacial score (nSPS) is 20.5. The lowest BCUT2D eigenvalue weighted by Crippen LogP contribution is -2.65. The van der Waals surface area contributed by atoms with Crippen LogP contribution in [0.5, 0.6) is 0 Å². The first kappa shape index (κ1) is 23.7. The number of nitrogens with one attached hydrogen (secondary N) is 1. The molecule has 0 bridgehead atoms. The molecule has 1 aliphatic heterocycles. The van der Waals surface area contributed by atoms with Gasteiger partial charge in [-0.25, -0.2) is 0 Å². The quantitative estimate of drug-likeness (QED) is 0.481. The van der Waals surface area contributed by atoms with E-state index in [1.54, 1.807) is 4.90 Å². The zero-order valence-electron chi connectivity index (χ0n) is 20.2. The summed E-state index contributed by atoms with van der Waals surface area (Å²) in [6.07, 6.45) is 6.17. The number of carbonyl (C=O) groups excluding carboxylic acids is 2. The molecule has 182 valence electrons. The summed E-state index contributed by atoms with van der Waals surface area (Å²) in [5, 5.41) is 3.99. The first-order valence-corrected chi connectivity index (χ1v) is 13.0. The number of fused-ring (bicyclic) bond motifs is 1. The molecular formula is C29H32ClN3O2. The van der Waals surface area contributed by atoms with E-state index in [-0.39, 0.29) is 17.9 Å². The molecule has 1 aromatic heterocycles. The van der Waals surface area contributed by atoms with Crippen molar-refractivity contribution in [2.45, 2.75) is 63.6 Å². The highest BCUT2D eigenvalue weighted by molar-refractivity contribution is 6.30. The predicted octanol–water partition coefficient (Wildman–Crippen LogP) is 5.71. The van der Waals surface area contributed by atoms with Gasteiger partial charge in [-0.1, -0.05) is 73.3 Å². The summed E-state index contributed by atoms with van der Waals surface area (Å²) in [5.41, 5.74) is 2.72. The zero-order valence-corrected chi connectivity index (χ0v) is 20.9. The van der Waals surface area contributed by atoms with Crippen molar-refractivity contribution in [3.8, 4) is 11.3 Å². The molecule has 5 nitrogen and oxygen atoms in total. The van der Waals surface area contributed by atoms with Crippen molar-refractivity contribution in [2.75, 3.05) is 6.54 Å². The van der Waals surface area contributed by atoms with Crippen molar-refractivity contribution in [1.82, 2.24) is 14.8 Å². The molecule has 6 heteroatoms. The minimum atomic E-state index is -0.990. The van der Waals surface area contributed by atoms with Crippen molar-refractivity contribution in [1.29, 1.82) is 0 Å². The van der Waals surface area contributed by atoms with Crippen LogP contribution in [-0.2, 0) is 17.8 Å². The third kappa shape index (κ3) is 4.74. The maximum atomic E-state index is 13.9. The van der Waals surface area contributed by atoms with Gasteiger partial charge in [-0.05, 0) is 61.6 Å². The summed E-state index contributed by atoms with van der Waals surface area (Å²) in [6, 6.07) is 21.8. The Hall–Kier alpha value is -3.05. The zero-order chi connectivity index (χ0) is 24.4. The number of carbonyl (C=O) groups is 2. The van der Waals surface area contributed by atoms with E-state index < -0.39 is 5.54 Å². The molecule has 2 heterocycles. The number of hydrogen-bond acceptors (Lipinski definition) is 2. The summed E-state index contributed by atoms with van der Waals surface area (Å²) < 4.78 is 2.02. The molecule has 2 aromatic carbocycles. The highest BCUT2D eigenvalue weighted by Gasteiger charge is 2.48. The first-order chi connectivity index (χ1) is 17.0. The molecule has 3 aromatic rings. The van der Waals surface area contributed by atoms with Gasteiger partial charge in [0.25, 0.3) is 5.91 Å². The summed E-state index contributed by atoms with van der Waals surface area (Å²) in [5.74, 6) is -0.166. The minimum absolute atomic E-state index is 0.0628. The number of amides is 2. The van der Waals surface area contributed by atoms with Crippen molar-refractivity contribution < 1.29 is 9.59 Å². The van der Waals surface area contributed by atoms with Crippen LogP contribution in [0.1, 0.15) is 55.1 Å². The summed E-state index contributed by atoms with van der Waals surface area (Å²) in [6.45, 7) is 2.80. The van der Waals surface area contributed by atoms with Crippen molar-refractivity contribution >= 4 is 23.4 Å². The van der Waals surface area contributed by atoms with Crippen molar-refractivity contribution in [3.63, 3.8) is 0 Å². The van der Waals surface area contributed by atoms with E-state index in [9.17, 15) is 9.59 Å². The SMILES string of the molecule is CC1(C(=O)NC2CCCCC2)Cn2c(ccc2-c2ccccc2)C(=O)N1CCc1ccc(Cl)cc1. The van der Waals surface area contributed by atoms with E-state index in [4.69, 9.17) is 11.6 Å². The largest absolute Gasteiger partial charge is 0.351 e. The number of halogens is 1. The average Bonchev–Trinajstić information content (AvgIpc) is 3.30. The minimum Gasteiger partial charge on any atom is -0.351 e. The molecule has 1 unspecified atom stereocenters. The molecule has 1 atom stereocenters. The molecule has 1 saturated carbocycles. The Morgan fingerprint density at radius 2 is 1.66 bits per heavy atom. The summed E-state index contributed by atoms with van der Waals surface area (Å²) >= 11 is 6.05. The molecule has 0 radical (unpaired) electrons. The van der Waals surface area contributed by atoms with Gasteiger partial charge in [0.2, 0.25) is 5.91 Å². The topological polar surface area (TPSA) is 54.3 Å². The lowest BCUT2D eigenvalue weighted by molar-refractivity contribution is -0.133. The van der Waals surface area contributed by atoms with Crippen molar-refractivity contribution in [2.24, 2.45) is 0 Å². The second-order valence-corrected chi connectivity index (χ2v) is 10.4. The molecule has 1 fully saturated rings. The Kier molecular flexibility index (Phi) is 6.70. The van der Waals surface area contributed by atoms with Gasteiger partial charge >= 0.3 is 0 Å². The fourth-order valence-electron chi connectivity index (χ4n) is 5.46. The number of aromatic nitrogens is 1. The Balaban J connectivity index is 1.48. The van der Waals surface area contributed by atoms with E-state index in [1.807, 2.05) is 78.2 Å². The Morgan fingerprint density at radius 1 is 0.971 bits per heavy atom. The lowest BCUT2D eigenvalue weighted by Gasteiger charge is -2.45. The molecule has 1 aliphatic carbocycles. The van der Waals surface area contributed by atoms with Crippen LogP contribution in [0.25, 0.3) is 11.3 Å². The fourth-order valence-corrected chi connectivity index (χ4v) is 5.59. The van der Waals surface area contributed by atoms with Gasteiger partial charge in [0, 0.05) is 23.3 Å². The monoisotopic (exact) mass is 489 g/mol. The molecule has 5 rings (SSSR count). The van der Waals surface area contributed by atoms with Crippen LogP contribution < -0.4 is 5.32 Å². The van der Waals surface area contributed by atoms with Gasteiger partial charge in [-0.3, -0.25) is 9.59 Å². The van der Waals surface area contributed by atoms with E-state index in [2.05, 4.69) is 5.32 Å². The van der Waals surface area contributed by atoms with Gasteiger partial charge in [0.1, 0.15) is 11.2 Å². The van der Waals surface area contributed by atoms with Crippen LogP contribution in [0.3, 0.4) is 0 Å². The van der Waals surface area contributed by atoms with Gasteiger partial charge in [-0.2, -0.15) is 0 Å². The fraction of sp³-hybridized carbons (Fsp3) is 0.379. The molecule has 1 N–H and O–H groups in total. The second-order valence-electron chi connectivity index (χ2n) is 9.97. The Morgan fingerprint density at radius 3 is 2.37 bits per heavy atom. The van der Waals surface area contributed by atoms with E-state index >= 15 is 0 Å². The van der Waals surface area contributed by atoms with Gasteiger partial charge in [0.05, 0.1) is 6.54 Å². The number of hydrogen-bond donors (Lipinski definition) is 1. The maximum Gasteiger partial charge on any atom is 0.271 e. The lowest BCUT2D eigenvalue weighted by atomic mass is 9.91. The summed E-state index contributed by atoms with van der Waals surface area (Å²) in [4.78, 5) is 29.5. The Labute approximate surface area is 212 Å². The van der Waals surface area contributed by atoms with Crippen LogP contribution in [0, 0.1) is 0 Å². The Bertz CT molecular complexity index is 1200. The van der Waals surface area contributed by atoms with Crippen LogP contribution in [0.15, 0.2) is 66.7 Å². The van der Waals surface area contributed by atoms with Crippen LogP contribution >= 0.6 is 11.6 Å². The smallest absolute Gasteiger partial charge is 0.271 e. The molecule has 0 spiro atoms. The highest BCUT2D eigenvalue weighted by atomic mass is 35.5. The molecule has 2 aliphatic rings. The van der Waals surface area contributed by atoms with Gasteiger partial charge < -0.3 is 14.8 Å². The van der Waals surface area contributed by atoms with E-state index in [0.717, 1.165) is 42.5 Å². The number of rotatable bonds is 6. The van der Waals surface area contributed by atoms with Gasteiger partial charge in [-0.15, -0.1) is 0 Å². The van der Waals surface area contributed by atoms with Crippen molar-refractivity contribution in [3.05, 3.63) is 83.0 Å². The summed E-state index contributed by atoms with van der Waals surface area (Å²) in [7, 11) is 0. The standard InChI is InChI=1S/C29H32ClN3O2/c1-29(28(35)31-24-10-6-3-7-11-24)20-32-25(22-8-4-2-5-9-22)16-17-26(32)27(34)33(29)19-18-21-12-14-23(30)15-13-21/h2,4-5,8-9,12-17,24H,3,6-7,10-11,18-20H2,1H3,(H,31,35). The molecule has 2 amide bonds. The first-order valence-electron chi connectivity index (χ1n) is 12.6.